The Morgan fingerprint density at radius 1 is 1.67 bits per heavy atom. The summed E-state index contributed by atoms with van der Waals surface area (Å²) in [6.45, 7) is 0. The molecular formula is C7H6ClN2O2-. The summed E-state index contributed by atoms with van der Waals surface area (Å²) < 4.78 is 0. The van der Waals surface area contributed by atoms with Crippen LogP contribution in [0.2, 0.25) is 5.15 Å². The Morgan fingerprint density at radius 2 is 2.33 bits per heavy atom. The lowest BCUT2D eigenvalue weighted by molar-refractivity contribution is -0.304. The van der Waals surface area contributed by atoms with Crippen LogP contribution in [0.15, 0.2) is 12.1 Å². The van der Waals surface area contributed by atoms with Crippen molar-refractivity contribution in [3.8, 4) is 0 Å². The van der Waals surface area contributed by atoms with Crippen molar-refractivity contribution in [2.24, 2.45) is 0 Å². The van der Waals surface area contributed by atoms with Crippen LogP contribution < -0.4 is 10.8 Å². The molecule has 12 heavy (non-hydrogen) atoms. The minimum absolute atomic E-state index is 0.119. The molecule has 0 aromatic carbocycles. The topological polar surface area (TPSA) is 79.0 Å². The molecule has 0 aliphatic rings. The van der Waals surface area contributed by atoms with Crippen molar-refractivity contribution >= 4 is 23.3 Å². The molecule has 0 amide bonds. The van der Waals surface area contributed by atoms with Gasteiger partial charge < -0.3 is 15.6 Å². The van der Waals surface area contributed by atoms with Gasteiger partial charge in [-0.05, 0) is 12.1 Å². The van der Waals surface area contributed by atoms with Crippen molar-refractivity contribution < 1.29 is 9.90 Å². The van der Waals surface area contributed by atoms with Crippen LogP contribution in [0.5, 0.6) is 0 Å². The number of carboxylic acids is 1. The van der Waals surface area contributed by atoms with E-state index in [1.807, 2.05) is 0 Å². The summed E-state index contributed by atoms with van der Waals surface area (Å²) in [5, 5.41) is 10.3. The Hall–Kier alpha value is -1.29. The monoisotopic (exact) mass is 185 g/mol. The lowest BCUT2D eigenvalue weighted by atomic mass is 10.2. The van der Waals surface area contributed by atoms with E-state index >= 15 is 0 Å². The van der Waals surface area contributed by atoms with E-state index in [1.54, 1.807) is 0 Å². The molecule has 1 heterocycles. The van der Waals surface area contributed by atoms with Crippen LogP contribution in [0.3, 0.4) is 0 Å². The first-order chi connectivity index (χ1) is 5.59. The van der Waals surface area contributed by atoms with E-state index in [2.05, 4.69) is 4.98 Å². The molecule has 1 aromatic heterocycles. The third-order valence-corrected chi connectivity index (χ3v) is 1.56. The SMILES string of the molecule is Nc1ccc(CC(=O)[O-])nc1Cl. The molecule has 1 rings (SSSR count). The standard InChI is InChI=1S/C7H7ClN2O2/c8-7-5(9)2-1-4(10-7)3-6(11)12/h1-2H,3,9H2,(H,11,12)/p-1. The first-order valence-corrected chi connectivity index (χ1v) is 3.58. The zero-order valence-corrected chi connectivity index (χ0v) is 6.84. The van der Waals surface area contributed by atoms with Gasteiger partial charge in [0.15, 0.2) is 5.15 Å². The third-order valence-electron chi connectivity index (χ3n) is 1.26. The molecule has 0 aliphatic carbocycles. The fourth-order valence-electron chi connectivity index (χ4n) is 0.729. The molecule has 0 unspecified atom stereocenters. The summed E-state index contributed by atoms with van der Waals surface area (Å²) in [6, 6.07) is 3.00. The maximum Gasteiger partial charge on any atom is 0.152 e. The van der Waals surface area contributed by atoms with Gasteiger partial charge in [-0.3, -0.25) is 0 Å². The van der Waals surface area contributed by atoms with Crippen LogP contribution in [0.4, 0.5) is 5.69 Å². The van der Waals surface area contributed by atoms with E-state index in [9.17, 15) is 9.90 Å². The van der Waals surface area contributed by atoms with Gasteiger partial charge in [-0.1, -0.05) is 11.6 Å². The van der Waals surface area contributed by atoms with Crippen LogP contribution in [-0.2, 0) is 11.2 Å². The predicted octanol–water partition coefficient (Wildman–Crippen LogP) is -0.390. The summed E-state index contributed by atoms with van der Waals surface area (Å²) in [4.78, 5) is 13.9. The zero-order chi connectivity index (χ0) is 9.14. The van der Waals surface area contributed by atoms with Crippen LogP contribution in [0, 0.1) is 0 Å². The summed E-state index contributed by atoms with van der Waals surface area (Å²) in [5.74, 6) is -1.19. The van der Waals surface area contributed by atoms with Gasteiger partial charge in [0.05, 0.1) is 5.69 Å². The highest BCUT2D eigenvalue weighted by atomic mass is 35.5. The van der Waals surface area contributed by atoms with Crippen LogP contribution in [0.1, 0.15) is 5.69 Å². The highest BCUT2D eigenvalue weighted by Crippen LogP contribution is 2.15. The van der Waals surface area contributed by atoms with Gasteiger partial charge in [-0.15, -0.1) is 0 Å². The number of nitrogens with zero attached hydrogens (tertiary/aromatic N) is 1. The molecule has 5 heteroatoms. The van der Waals surface area contributed by atoms with Crippen LogP contribution in [0.25, 0.3) is 0 Å². The molecule has 64 valence electrons. The minimum Gasteiger partial charge on any atom is -0.550 e. The Morgan fingerprint density at radius 3 is 2.83 bits per heavy atom. The fourth-order valence-corrected chi connectivity index (χ4v) is 0.901. The number of carbonyl (C=O) groups excluding carboxylic acids is 1. The van der Waals surface area contributed by atoms with Crippen molar-refractivity contribution in [2.45, 2.75) is 6.42 Å². The number of hydrogen-bond acceptors (Lipinski definition) is 4. The summed E-state index contributed by atoms with van der Waals surface area (Å²) in [5.41, 5.74) is 6.04. The molecule has 0 radical (unpaired) electrons. The van der Waals surface area contributed by atoms with Gasteiger partial charge in [-0.25, -0.2) is 4.98 Å². The van der Waals surface area contributed by atoms with Crippen molar-refractivity contribution in [1.29, 1.82) is 0 Å². The third kappa shape index (κ3) is 2.10. The second kappa shape index (κ2) is 3.40. The van der Waals surface area contributed by atoms with Gasteiger partial charge in [0.1, 0.15) is 0 Å². The average molecular weight is 186 g/mol. The molecule has 0 fully saturated rings. The van der Waals surface area contributed by atoms with E-state index in [-0.39, 0.29) is 11.6 Å². The van der Waals surface area contributed by atoms with Crippen LogP contribution >= 0.6 is 11.6 Å². The maximum absolute atomic E-state index is 10.1. The molecule has 4 nitrogen and oxygen atoms in total. The van der Waals surface area contributed by atoms with E-state index in [1.165, 1.54) is 12.1 Å². The Kier molecular flexibility index (Phi) is 2.50. The van der Waals surface area contributed by atoms with Gasteiger partial charge in [0.2, 0.25) is 0 Å². The van der Waals surface area contributed by atoms with E-state index in [0.29, 0.717) is 11.4 Å². The van der Waals surface area contributed by atoms with E-state index < -0.39 is 5.97 Å². The number of carboxylic acid groups (broad SMARTS) is 1. The number of carbonyl (C=O) groups is 1. The Balaban J connectivity index is 2.89. The number of halogens is 1. The molecule has 0 saturated carbocycles. The molecule has 0 atom stereocenters. The number of rotatable bonds is 2. The molecule has 0 aliphatic heterocycles. The summed E-state index contributed by atoms with van der Waals surface area (Å²) in [6.07, 6.45) is -0.250. The Labute approximate surface area is 74.0 Å². The van der Waals surface area contributed by atoms with Gasteiger partial charge in [0, 0.05) is 18.1 Å². The molecule has 2 N–H and O–H groups in total. The van der Waals surface area contributed by atoms with Gasteiger partial charge in [0.25, 0.3) is 0 Å². The highest BCUT2D eigenvalue weighted by Gasteiger charge is 1.99. The predicted molar refractivity (Wildman–Crippen MR) is 42.4 cm³/mol. The lowest BCUT2D eigenvalue weighted by Gasteiger charge is -2.02. The number of aliphatic carboxylic acids is 1. The first kappa shape index (κ1) is 8.80. The normalized spacial score (nSPS) is 9.75. The van der Waals surface area contributed by atoms with E-state index in [4.69, 9.17) is 17.3 Å². The molecule has 1 aromatic rings. The largest absolute Gasteiger partial charge is 0.550 e. The van der Waals surface area contributed by atoms with Crippen molar-refractivity contribution in [2.75, 3.05) is 5.73 Å². The fraction of sp³-hybridized carbons (Fsp3) is 0.143. The number of hydrogen-bond donors (Lipinski definition) is 1. The molecular weight excluding hydrogens is 180 g/mol. The molecule has 0 bridgehead atoms. The second-order valence-electron chi connectivity index (χ2n) is 2.23. The molecule has 0 saturated heterocycles. The number of nitrogen functional groups attached to an aromatic ring is 1. The highest BCUT2D eigenvalue weighted by molar-refractivity contribution is 6.31. The second-order valence-corrected chi connectivity index (χ2v) is 2.59. The van der Waals surface area contributed by atoms with Crippen molar-refractivity contribution in [1.82, 2.24) is 4.98 Å². The van der Waals surface area contributed by atoms with Gasteiger partial charge >= 0.3 is 0 Å². The van der Waals surface area contributed by atoms with Crippen molar-refractivity contribution in [3.63, 3.8) is 0 Å². The lowest BCUT2D eigenvalue weighted by Crippen LogP contribution is -2.24. The average Bonchev–Trinajstić information content (AvgIpc) is 1.96. The van der Waals surface area contributed by atoms with E-state index in [0.717, 1.165) is 0 Å². The summed E-state index contributed by atoms with van der Waals surface area (Å²) >= 11 is 5.55. The number of nitrogens with two attached hydrogens (primary N) is 1. The zero-order valence-electron chi connectivity index (χ0n) is 6.08. The molecule has 0 spiro atoms. The van der Waals surface area contributed by atoms with Crippen LogP contribution in [-0.4, -0.2) is 11.0 Å². The summed E-state index contributed by atoms with van der Waals surface area (Å²) in [7, 11) is 0. The maximum atomic E-state index is 10.1. The Bertz CT molecular complexity index is 314. The first-order valence-electron chi connectivity index (χ1n) is 3.20. The smallest absolute Gasteiger partial charge is 0.152 e. The minimum atomic E-state index is -1.19. The number of pyridine rings is 1. The van der Waals surface area contributed by atoms with Crippen molar-refractivity contribution in [3.05, 3.63) is 23.0 Å². The van der Waals surface area contributed by atoms with Gasteiger partial charge in [-0.2, -0.15) is 0 Å². The quantitative estimate of drug-likeness (QED) is 0.637. The number of aromatic nitrogens is 1. The number of anilines is 1.